The van der Waals surface area contributed by atoms with Crippen LogP contribution in [-0.4, -0.2) is 23.0 Å². The summed E-state index contributed by atoms with van der Waals surface area (Å²) in [4.78, 5) is 15.6. The average Bonchev–Trinajstić information content (AvgIpc) is 3.10. The molecule has 158 valence electrons. The molecular formula is C24H36N4O. The maximum atomic E-state index is 12.3. The second-order valence-electron chi connectivity index (χ2n) is 8.29. The lowest BCUT2D eigenvalue weighted by molar-refractivity contribution is -0.125. The van der Waals surface area contributed by atoms with Crippen molar-refractivity contribution in [2.75, 3.05) is 6.54 Å². The molecule has 0 atom stereocenters. The summed E-state index contributed by atoms with van der Waals surface area (Å²) in [6.07, 6.45) is 4.77. The van der Waals surface area contributed by atoms with E-state index in [2.05, 4.69) is 67.7 Å². The summed E-state index contributed by atoms with van der Waals surface area (Å²) in [6, 6.07) is 8.36. The van der Waals surface area contributed by atoms with Gasteiger partial charge in [0.25, 0.3) is 0 Å². The van der Waals surface area contributed by atoms with Crippen LogP contribution in [0, 0.1) is 0 Å². The van der Waals surface area contributed by atoms with Gasteiger partial charge in [0.05, 0.1) is 12.1 Å². The zero-order valence-corrected chi connectivity index (χ0v) is 18.7. The van der Waals surface area contributed by atoms with E-state index in [4.69, 9.17) is 5.73 Å². The summed E-state index contributed by atoms with van der Waals surface area (Å²) in [5.41, 5.74) is 12.2. The molecule has 0 aliphatic rings. The van der Waals surface area contributed by atoms with E-state index in [-0.39, 0.29) is 5.91 Å². The molecule has 1 aromatic carbocycles. The van der Waals surface area contributed by atoms with E-state index >= 15 is 0 Å². The maximum Gasteiger partial charge on any atom is 0.239 e. The molecule has 0 bridgehead atoms. The van der Waals surface area contributed by atoms with Crippen molar-refractivity contribution >= 4 is 16.8 Å². The number of rotatable bonds is 9. The van der Waals surface area contributed by atoms with Gasteiger partial charge in [-0.15, -0.1) is 0 Å². The third-order valence-corrected chi connectivity index (χ3v) is 5.45. The minimum absolute atomic E-state index is 0.157. The van der Waals surface area contributed by atoms with Crippen LogP contribution in [-0.2, 0) is 11.2 Å². The van der Waals surface area contributed by atoms with Crippen molar-refractivity contribution < 1.29 is 4.79 Å². The maximum absolute atomic E-state index is 12.3. The van der Waals surface area contributed by atoms with Crippen LogP contribution < -0.4 is 16.4 Å². The molecule has 0 spiro atoms. The quantitative estimate of drug-likeness (QED) is 0.503. The van der Waals surface area contributed by atoms with Crippen LogP contribution in [0.2, 0.25) is 0 Å². The predicted octanol–water partition coefficient (Wildman–Crippen LogP) is 4.52. The van der Waals surface area contributed by atoms with Gasteiger partial charge in [-0.3, -0.25) is 4.79 Å². The summed E-state index contributed by atoms with van der Waals surface area (Å²) < 4.78 is 0. The fourth-order valence-corrected chi connectivity index (χ4v) is 3.08. The fraction of sp³-hybridized carbons (Fsp3) is 0.458. The second-order valence-corrected chi connectivity index (χ2v) is 8.29. The Hall–Kier alpha value is -2.53. The number of H-pyrrole nitrogens is 1. The number of amides is 1. The highest BCUT2D eigenvalue weighted by Gasteiger charge is 2.22. The number of carbonyl (C=O) groups is 1. The molecule has 0 fully saturated rings. The Morgan fingerprint density at radius 1 is 1.07 bits per heavy atom. The first kappa shape index (κ1) is 22.8. The van der Waals surface area contributed by atoms with Gasteiger partial charge in [0, 0.05) is 34.9 Å². The first-order chi connectivity index (χ1) is 13.7. The number of allylic oxidation sites excluding steroid dienone is 3. The van der Waals surface area contributed by atoms with Crippen molar-refractivity contribution in [3.8, 4) is 0 Å². The van der Waals surface area contributed by atoms with Gasteiger partial charge in [-0.25, -0.2) is 0 Å². The molecule has 1 aromatic heterocycles. The van der Waals surface area contributed by atoms with Gasteiger partial charge in [-0.05, 0) is 52.2 Å². The number of carbonyl (C=O) groups excluding carboxylic acids is 1. The smallest absolute Gasteiger partial charge is 0.239 e. The van der Waals surface area contributed by atoms with Crippen molar-refractivity contribution in [2.45, 2.75) is 66.3 Å². The second kappa shape index (κ2) is 9.79. The van der Waals surface area contributed by atoms with Gasteiger partial charge in [0.1, 0.15) is 0 Å². The van der Waals surface area contributed by atoms with Crippen LogP contribution in [0.15, 0.2) is 53.0 Å². The molecule has 2 aromatic rings. The predicted molar refractivity (Wildman–Crippen MR) is 122 cm³/mol. The molecule has 0 saturated heterocycles. The third kappa shape index (κ3) is 5.97. The number of hydrogen-bond acceptors (Lipinski definition) is 3. The Kier molecular flexibility index (Phi) is 7.68. The topological polar surface area (TPSA) is 82.9 Å². The number of aromatic nitrogens is 1. The Balaban J connectivity index is 2.27. The molecule has 29 heavy (non-hydrogen) atoms. The number of para-hydroxylation sites is 1. The van der Waals surface area contributed by atoms with Crippen molar-refractivity contribution in [3.05, 3.63) is 58.6 Å². The lowest BCUT2D eigenvalue weighted by Crippen LogP contribution is -2.50. The first-order valence-corrected chi connectivity index (χ1v) is 10.4. The van der Waals surface area contributed by atoms with Crippen LogP contribution in [0.25, 0.3) is 10.9 Å². The zero-order chi connectivity index (χ0) is 21.6. The molecule has 0 saturated carbocycles. The number of benzene rings is 1. The fourth-order valence-electron chi connectivity index (χ4n) is 3.08. The Morgan fingerprint density at radius 3 is 2.31 bits per heavy atom. The summed E-state index contributed by atoms with van der Waals surface area (Å²) in [6.45, 7) is 12.4. The first-order valence-electron chi connectivity index (χ1n) is 10.4. The van der Waals surface area contributed by atoms with Crippen molar-refractivity contribution in [2.24, 2.45) is 5.73 Å². The van der Waals surface area contributed by atoms with Crippen LogP contribution in [0.3, 0.4) is 0 Å². The summed E-state index contributed by atoms with van der Waals surface area (Å²) in [7, 11) is 0. The van der Waals surface area contributed by atoms with Crippen LogP contribution in [0.1, 0.15) is 59.9 Å². The van der Waals surface area contributed by atoms with Gasteiger partial charge in [0.2, 0.25) is 5.91 Å². The number of nitrogens with one attached hydrogen (secondary N) is 3. The monoisotopic (exact) mass is 396 g/mol. The molecule has 5 heteroatoms. The summed E-state index contributed by atoms with van der Waals surface area (Å²) >= 11 is 0. The van der Waals surface area contributed by atoms with Gasteiger partial charge in [0.15, 0.2) is 0 Å². The molecular weight excluding hydrogens is 360 g/mol. The molecule has 0 unspecified atom stereocenters. The SMILES string of the molecule is CCC(C)=C(Cc1c[nH]c2ccccc12)N/C(CNC(=O)C(C)(C)N)=C(\C)CC. The Morgan fingerprint density at radius 2 is 1.69 bits per heavy atom. The van der Waals surface area contributed by atoms with Crippen LogP contribution in [0.4, 0.5) is 0 Å². The highest BCUT2D eigenvalue weighted by Crippen LogP contribution is 2.22. The highest BCUT2D eigenvalue weighted by atomic mass is 16.2. The van der Waals surface area contributed by atoms with Crippen molar-refractivity contribution in [1.29, 1.82) is 0 Å². The minimum Gasteiger partial charge on any atom is -0.361 e. The van der Waals surface area contributed by atoms with E-state index in [9.17, 15) is 4.79 Å². The third-order valence-electron chi connectivity index (χ3n) is 5.45. The average molecular weight is 397 g/mol. The van der Waals surface area contributed by atoms with E-state index in [0.717, 1.165) is 30.5 Å². The molecule has 0 aliphatic carbocycles. The van der Waals surface area contributed by atoms with Gasteiger partial charge < -0.3 is 21.4 Å². The lowest BCUT2D eigenvalue weighted by atomic mass is 10.0. The van der Waals surface area contributed by atoms with E-state index in [0.29, 0.717) is 6.54 Å². The Labute approximate surface area is 174 Å². The normalized spacial score (nSPS) is 13.8. The lowest BCUT2D eigenvalue weighted by Gasteiger charge is -2.22. The molecule has 5 nitrogen and oxygen atoms in total. The molecule has 5 N–H and O–H groups in total. The van der Waals surface area contributed by atoms with Gasteiger partial charge in [-0.1, -0.05) is 43.2 Å². The molecule has 0 aliphatic heterocycles. The van der Waals surface area contributed by atoms with Gasteiger partial charge >= 0.3 is 0 Å². The van der Waals surface area contributed by atoms with E-state index in [1.54, 1.807) is 13.8 Å². The molecule has 1 heterocycles. The number of hydrogen-bond donors (Lipinski definition) is 4. The van der Waals surface area contributed by atoms with Crippen LogP contribution >= 0.6 is 0 Å². The van der Waals surface area contributed by atoms with Crippen LogP contribution in [0.5, 0.6) is 0 Å². The van der Waals surface area contributed by atoms with E-state index in [1.807, 2.05) is 6.07 Å². The zero-order valence-electron chi connectivity index (χ0n) is 18.7. The van der Waals surface area contributed by atoms with E-state index < -0.39 is 5.54 Å². The standard InChI is InChI=1S/C24H36N4O/c1-7-16(3)21(13-18-14-26-20-12-10-9-11-19(18)20)28-22(17(4)8-2)15-27-23(29)24(5,6)25/h9-12,14,26,28H,7-8,13,15,25H2,1-6H3,(H,27,29)/b21-16?,22-17+. The molecule has 2 rings (SSSR count). The van der Waals surface area contributed by atoms with E-state index in [1.165, 1.54) is 27.8 Å². The van der Waals surface area contributed by atoms with Crippen molar-refractivity contribution in [1.82, 2.24) is 15.6 Å². The highest BCUT2D eigenvalue weighted by molar-refractivity contribution is 5.85. The largest absolute Gasteiger partial charge is 0.361 e. The number of fused-ring (bicyclic) bond motifs is 1. The Bertz CT molecular complexity index is 912. The summed E-state index contributed by atoms with van der Waals surface area (Å²) in [5.74, 6) is -0.157. The number of nitrogens with two attached hydrogens (primary N) is 1. The van der Waals surface area contributed by atoms with Gasteiger partial charge in [-0.2, -0.15) is 0 Å². The minimum atomic E-state index is -0.896. The summed E-state index contributed by atoms with van der Waals surface area (Å²) in [5, 5.41) is 7.87. The number of aromatic amines is 1. The molecule has 1 amide bonds. The molecule has 0 radical (unpaired) electrons. The van der Waals surface area contributed by atoms with Crippen molar-refractivity contribution in [3.63, 3.8) is 0 Å².